The Morgan fingerprint density at radius 3 is 2.68 bits per heavy atom. The highest BCUT2D eigenvalue weighted by Gasteiger charge is 2.13. The summed E-state index contributed by atoms with van der Waals surface area (Å²) in [6.07, 6.45) is 0.422. The molecule has 0 aliphatic carbocycles. The van der Waals surface area contributed by atoms with Crippen LogP contribution in [0.3, 0.4) is 0 Å². The molecule has 0 radical (unpaired) electrons. The second kappa shape index (κ2) is 5.40. The maximum atomic E-state index is 12.8. The number of hydrogen-bond donors (Lipinski definition) is 0. The second-order valence-corrected chi connectivity index (χ2v) is 5.01. The number of hydrogen-bond acceptors (Lipinski definition) is 3. The molecule has 1 aromatic carbocycles. The maximum Gasteiger partial charge on any atom is 0.263 e. The summed E-state index contributed by atoms with van der Waals surface area (Å²) >= 11 is 1.19. The van der Waals surface area contributed by atoms with Crippen molar-refractivity contribution in [3.63, 3.8) is 0 Å². The number of carbonyl (C=O) groups is 1. The van der Waals surface area contributed by atoms with Crippen molar-refractivity contribution in [1.29, 1.82) is 0 Å². The lowest BCUT2D eigenvalue weighted by Crippen LogP contribution is -1.88. The summed E-state index contributed by atoms with van der Waals surface area (Å²) in [7, 11) is 0. The Morgan fingerprint density at radius 1 is 1.42 bits per heavy atom. The summed E-state index contributed by atoms with van der Waals surface area (Å²) in [5, 5.41) is 0.552. The second-order valence-electron chi connectivity index (χ2n) is 3.98. The molecule has 2 aromatic rings. The molecule has 0 N–H and O–H groups in total. The largest absolute Gasteiger partial charge is 0.294 e. The number of rotatable bonds is 4. The van der Waals surface area contributed by atoms with E-state index in [9.17, 15) is 13.6 Å². The van der Waals surface area contributed by atoms with Gasteiger partial charge in [-0.2, -0.15) is 0 Å². The third-order valence-corrected chi connectivity index (χ3v) is 3.71. The van der Waals surface area contributed by atoms with Crippen LogP contribution in [0.15, 0.2) is 31.0 Å². The summed E-state index contributed by atoms with van der Waals surface area (Å²) < 4.78 is 25.6. The Labute approximate surface area is 113 Å². The normalized spacial score (nSPS) is 10.7. The minimum Gasteiger partial charge on any atom is -0.294 e. The number of Topliss-reactive ketones (excluding diaryl/α,β-unsaturated/α-hetero) is 1. The first-order valence-electron chi connectivity index (χ1n) is 5.54. The van der Waals surface area contributed by atoms with Crippen molar-refractivity contribution in [3.05, 3.63) is 47.0 Å². The molecule has 1 aromatic heterocycles. The lowest BCUT2D eigenvalue weighted by atomic mass is 10.1. The highest BCUT2D eigenvalue weighted by Crippen LogP contribution is 2.30. The van der Waals surface area contributed by atoms with Gasteiger partial charge in [-0.15, -0.1) is 11.3 Å². The molecule has 2 rings (SSSR count). The molecular weight excluding hydrogens is 268 g/mol. The molecule has 2 nitrogen and oxygen atoms in total. The quantitative estimate of drug-likeness (QED) is 0.766. The summed E-state index contributed by atoms with van der Waals surface area (Å²) in [5.74, 6) is -0.0855. The average Bonchev–Trinajstić information content (AvgIpc) is 2.87. The van der Waals surface area contributed by atoms with Gasteiger partial charge in [0.25, 0.3) is 6.43 Å². The molecule has 0 amide bonds. The van der Waals surface area contributed by atoms with Gasteiger partial charge in [0, 0.05) is 24.2 Å². The van der Waals surface area contributed by atoms with E-state index in [0.29, 0.717) is 21.0 Å². The van der Waals surface area contributed by atoms with Crippen LogP contribution >= 0.6 is 11.3 Å². The molecule has 5 heteroatoms. The van der Waals surface area contributed by atoms with Crippen molar-refractivity contribution in [3.8, 4) is 10.6 Å². The molecule has 0 saturated heterocycles. The Bertz CT molecular complexity index is 634. The van der Waals surface area contributed by atoms with E-state index in [2.05, 4.69) is 11.6 Å². The van der Waals surface area contributed by atoms with Crippen LogP contribution in [0.4, 0.5) is 8.78 Å². The van der Waals surface area contributed by atoms with Crippen LogP contribution in [0.1, 0.15) is 34.1 Å². The monoisotopic (exact) mass is 279 g/mol. The fourth-order valence-electron chi connectivity index (χ4n) is 1.61. The van der Waals surface area contributed by atoms with Crippen molar-refractivity contribution >= 4 is 23.2 Å². The first kappa shape index (κ1) is 13.5. The summed E-state index contributed by atoms with van der Waals surface area (Å²) in [4.78, 5) is 15.8. The van der Waals surface area contributed by atoms with Crippen LogP contribution in [0.5, 0.6) is 0 Å². The topological polar surface area (TPSA) is 30.0 Å². The zero-order chi connectivity index (χ0) is 14.0. The minimum absolute atomic E-state index is 0.0769. The van der Waals surface area contributed by atoms with Gasteiger partial charge in [-0.1, -0.05) is 12.7 Å². The van der Waals surface area contributed by atoms with Crippen molar-refractivity contribution in [2.45, 2.75) is 13.3 Å². The molecule has 0 spiro atoms. The van der Waals surface area contributed by atoms with E-state index in [-0.39, 0.29) is 11.3 Å². The van der Waals surface area contributed by atoms with E-state index in [1.54, 1.807) is 6.07 Å². The molecule has 19 heavy (non-hydrogen) atoms. The minimum atomic E-state index is -2.55. The first-order chi connectivity index (χ1) is 9.01. The molecule has 0 atom stereocenters. The Balaban J connectivity index is 2.50. The van der Waals surface area contributed by atoms with Gasteiger partial charge in [0.05, 0.1) is 4.88 Å². The SMILES string of the molecule is C=Cc1cc(-c2ncc(C(C)=O)s2)cc(C(F)F)c1. The van der Waals surface area contributed by atoms with E-state index in [1.807, 2.05) is 0 Å². The molecule has 0 fully saturated rings. The Kier molecular flexibility index (Phi) is 3.85. The molecule has 1 heterocycles. The molecule has 0 aliphatic rings. The molecule has 0 aliphatic heterocycles. The highest BCUT2D eigenvalue weighted by atomic mass is 32.1. The van der Waals surface area contributed by atoms with Gasteiger partial charge in [-0.3, -0.25) is 4.79 Å². The maximum absolute atomic E-state index is 12.8. The molecule has 98 valence electrons. The lowest BCUT2D eigenvalue weighted by molar-refractivity contribution is 0.102. The van der Waals surface area contributed by atoms with Crippen LogP contribution in [0, 0.1) is 0 Å². The average molecular weight is 279 g/mol. The fourth-order valence-corrected chi connectivity index (χ4v) is 2.41. The summed E-state index contributed by atoms with van der Waals surface area (Å²) in [5.41, 5.74) is 1.10. The Hall–Kier alpha value is -1.88. The van der Waals surface area contributed by atoms with E-state index < -0.39 is 6.43 Å². The van der Waals surface area contributed by atoms with Gasteiger partial charge in [-0.05, 0) is 23.8 Å². The summed E-state index contributed by atoms with van der Waals surface area (Å²) in [6.45, 7) is 5.03. The van der Waals surface area contributed by atoms with Gasteiger partial charge < -0.3 is 0 Å². The number of ketones is 1. The standard InChI is InChI=1S/C14H11F2NOS/c1-3-9-4-10(13(15)16)6-11(5-9)14-17-7-12(19-14)8(2)18/h3-7,13H,1H2,2H3. The third kappa shape index (κ3) is 2.93. The predicted molar refractivity (Wildman–Crippen MR) is 72.6 cm³/mol. The Morgan fingerprint density at radius 2 is 2.16 bits per heavy atom. The van der Waals surface area contributed by atoms with Crippen molar-refractivity contribution in [2.24, 2.45) is 0 Å². The van der Waals surface area contributed by atoms with Crippen LogP contribution in [-0.4, -0.2) is 10.8 Å². The molecule has 0 bridgehead atoms. The van der Waals surface area contributed by atoms with Crippen molar-refractivity contribution in [1.82, 2.24) is 4.98 Å². The third-order valence-electron chi connectivity index (χ3n) is 2.56. The number of alkyl halides is 2. The lowest BCUT2D eigenvalue weighted by Gasteiger charge is -2.05. The van der Waals surface area contributed by atoms with Gasteiger partial charge in [-0.25, -0.2) is 13.8 Å². The number of aromatic nitrogens is 1. The van der Waals surface area contributed by atoms with E-state index in [4.69, 9.17) is 0 Å². The molecule has 0 unspecified atom stereocenters. The fraction of sp³-hybridized carbons (Fsp3) is 0.143. The zero-order valence-corrected chi connectivity index (χ0v) is 11.0. The van der Waals surface area contributed by atoms with Crippen LogP contribution in [0.25, 0.3) is 16.6 Å². The smallest absolute Gasteiger partial charge is 0.263 e. The number of thiazole rings is 1. The van der Waals surface area contributed by atoms with Crippen molar-refractivity contribution in [2.75, 3.05) is 0 Å². The van der Waals surface area contributed by atoms with Gasteiger partial charge in [0.1, 0.15) is 5.01 Å². The number of benzene rings is 1. The number of nitrogens with zero attached hydrogens (tertiary/aromatic N) is 1. The van der Waals surface area contributed by atoms with Gasteiger partial charge >= 0.3 is 0 Å². The predicted octanol–water partition coefficient (Wildman–Crippen LogP) is 4.59. The van der Waals surface area contributed by atoms with E-state index >= 15 is 0 Å². The number of carbonyl (C=O) groups excluding carboxylic acids is 1. The van der Waals surface area contributed by atoms with Crippen molar-refractivity contribution < 1.29 is 13.6 Å². The first-order valence-corrected chi connectivity index (χ1v) is 6.35. The zero-order valence-electron chi connectivity index (χ0n) is 10.2. The van der Waals surface area contributed by atoms with Crippen LogP contribution in [-0.2, 0) is 0 Å². The highest BCUT2D eigenvalue weighted by molar-refractivity contribution is 7.16. The number of halogens is 2. The van der Waals surface area contributed by atoms with E-state index in [1.165, 1.54) is 42.7 Å². The van der Waals surface area contributed by atoms with E-state index in [0.717, 1.165) is 0 Å². The van der Waals surface area contributed by atoms with Crippen LogP contribution < -0.4 is 0 Å². The van der Waals surface area contributed by atoms with Gasteiger partial charge in [0.15, 0.2) is 5.78 Å². The molecule has 0 saturated carbocycles. The molecular formula is C14H11F2NOS. The van der Waals surface area contributed by atoms with Crippen LogP contribution in [0.2, 0.25) is 0 Å². The van der Waals surface area contributed by atoms with Gasteiger partial charge in [0.2, 0.25) is 0 Å². The summed E-state index contributed by atoms with van der Waals surface area (Å²) in [6, 6.07) is 4.50.